The highest BCUT2D eigenvalue weighted by molar-refractivity contribution is 6.58. The summed E-state index contributed by atoms with van der Waals surface area (Å²) in [5.74, 6) is -9.10. The van der Waals surface area contributed by atoms with Gasteiger partial charge >= 0.3 is 11.4 Å². The number of carbonyl (C=O) groups is 4. The summed E-state index contributed by atoms with van der Waals surface area (Å²) < 4.78 is 19.1. The number of fused-ring (bicyclic) bond motifs is 4. The van der Waals surface area contributed by atoms with Gasteiger partial charge in [-0.3, -0.25) is 39.4 Å². The Bertz CT molecular complexity index is 2180. The highest BCUT2D eigenvalue weighted by atomic mass is 35.5. The Labute approximate surface area is 309 Å². The first-order valence-electron chi connectivity index (χ1n) is 16.1. The molecule has 3 fully saturated rings. The fourth-order valence-electron chi connectivity index (χ4n) is 8.37. The second-order valence-electron chi connectivity index (χ2n) is 13.4. The number of ether oxygens (including phenoxy) is 1. The molecule has 0 bridgehead atoms. The number of hydrogen-bond acceptors (Lipinski definition) is 11. The lowest BCUT2D eigenvalue weighted by Gasteiger charge is -2.50. The zero-order valence-corrected chi connectivity index (χ0v) is 29.5. The number of imide groups is 2. The van der Waals surface area contributed by atoms with Gasteiger partial charge in [0.25, 0.3) is 11.8 Å². The zero-order chi connectivity index (χ0) is 38.5. The van der Waals surface area contributed by atoms with Crippen molar-refractivity contribution in [2.75, 3.05) is 35.9 Å². The van der Waals surface area contributed by atoms with Gasteiger partial charge in [0.15, 0.2) is 26.9 Å². The molecular weight excluding hydrogens is 740 g/mol. The van der Waals surface area contributed by atoms with Crippen LogP contribution in [0.15, 0.2) is 66.2 Å². The van der Waals surface area contributed by atoms with Crippen LogP contribution in [0.3, 0.4) is 0 Å². The number of hydrogen-bond donors (Lipinski definition) is 1. The minimum Gasteiger partial charge on any atom is -0.504 e. The molecule has 2 saturated heterocycles. The fraction of sp³-hybridized carbons (Fsp3) is 0.314. The third-order valence-corrected chi connectivity index (χ3v) is 12.0. The number of nitro groups is 2. The molecule has 0 spiro atoms. The Kier molecular flexibility index (Phi) is 8.26. The Morgan fingerprint density at radius 1 is 0.887 bits per heavy atom. The molecule has 1 N–H and O–H groups in total. The van der Waals surface area contributed by atoms with Crippen molar-refractivity contribution in [3.63, 3.8) is 0 Å². The first kappa shape index (κ1) is 35.8. The third kappa shape index (κ3) is 4.91. The fourth-order valence-corrected chi connectivity index (χ4v) is 9.30. The lowest BCUT2D eigenvalue weighted by atomic mass is 9.56. The maximum Gasteiger partial charge on any atom is 0.301 e. The molecule has 2 aliphatic carbocycles. The van der Waals surface area contributed by atoms with Crippen LogP contribution < -0.4 is 19.4 Å². The number of nitrogens with zero attached hydrogens (tertiary/aromatic N) is 5. The number of methoxy groups -OCH3 is 1. The summed E-state index contributed by atoms with van der Waals surface area (Å²) in [5, 5.41) is 35.0. The van der Waals surface area contributed by atoms with Crippen molar-refractivity contribution >= 4 is 75.3 Å². The monoisotopic (exact) mass is 767 g/mol. The number of amides is 4. The van der Waals surface area contributed by atoms with Crippen LogP contribution in [-0.2, 0) is 19.2 Å². The summed E-state index contributed by atoms with van der Waals surface area (Å²) in [6, 6.07) is 10.5. The number of carbonyl (C=O) groups excluding carboxylic acids is 4. The number of nitro benzene ring substituents is 2. The molecule has 0 aromatic heterocycles. The highest BCUT2D eigenvalue weighted by Gasteiger charge is 2.76. The number of allylic oxidation sites excluding steroid dienone is 2. The van der Waals surface area contributed by atoms with Crippen LogP contribution >= 0.6 is 23.2 Å². The minimum absolute atomic E-state index is 0.0235. The maximum absolute atomic E-state index is 14.5. The summed E-state index contributed by atoms with van der Waals surface area (Å²) in [4.78, 5) is 78.1. The van der Waals surface area contributed by atoms with Crippen LogP contribution in [0.5, 0.6) is 11.5 Å². The Balaban J connectivity index is 1.39. The number of halogens is 3. The van der Waals surface area contributed by atoms with Gasteiger partial charge in [-0.1, -0.05) is 17.7 Å². The van der Waals surface area contributed by atoms with Crippen LogP contribution in [0.4, 0.5) is 32.8 Å². The molecule has 274 valence electrons. The second kappa shape index (κ2) is 12.2. The average Bonchev–Trinajstić information content (AvgIpc) is 3.45. The summed E-state index contributed by atoms with van der Waals surface area (Å²) in [7, 11) is 4.07. The normalized spacial score (nSPS) is 27.6. The molecule has 2 heterocycles. The van der Waals surface area contributed by atoms with Gasteiger partial charge in [-0.05, 0) is 60.7 Å². The van der Waals surface area contributed by atoms with Gasteiger partial charge in [0.05, 0.1) is 40.2 Å². The highest BCUT2D eigenvalue weighted by Crippen LogP contribution is 2.66. The lowest BCUT2D eigenvalue weighted by molar-refractivity contribution is -0.392. The van der Waals surface area contributed by atoms with Crippen LogP contribution in [0.1, 0.15) is 24.3 Å². The van der Waals surface area contributed by atoms with Crippen LogP contribution in [-0.4, -0.2) is 69.5 Å². The first-order valence-corrected chi connectivity index (χ1v) is 16.8. The molecule has 53 heavy (non-hydrogen) atoms. The van der Waals surface area contributed by atoms with Crippen molar-refractivity contribution in [1.29, 1.82) is 0 Å². The number of aromatic hydroxyl groups is 1. The molecule has 2 aliphatic heterocycles. The standard InChI is InChI=1S/C35H28Cl2FN5O10/c1-39(2)29-23(42(49)50)13-19(14-24(29)43(51)52)40-30(45)21-10-9-20-22(27(21)31(40)46)15-34(36)32(47)41(18-7-5-17(38)6-8-18)33(48)35(34,37)28(20)16-4-11-26(53-3)25(44)12-16/h4-9,11-14,21-22,27-28,44H,10,15H2,1-3H3/t21-,22+,27-,28-,34+,35-/m0/s1. The zero-order valence-electron chi connectivity index (χ0n) is 28.0. The van der Waals surface area contributed by atoms with Gasteiger partial charge in [-0.25, -0.2) is 14.2 Å². The van der Waals surface area contributed by atoms with E-state index >= 15 is 0 Å². The third-order valence-electron chi connectivity index (χ3n) is 10.6. The molecule has 7 rings (SSSR count). The number of alkyl halides is 2. The smallest absolute Gasteiger partial charge is 0.301 e. The molecule has 1 saturated carbocycles. The van der Waals surface area contributed by atoms with E-state index in [4.69, 9.17) is 27.9 Å². The number of benzene rings is 3. The van der Waals surface area contributed by atoms with Gasteiger partial charge in [0, 0.05) is 32.1 Å². The van der Waals surface area contributed by atoms with Gasteiger partial charge in [-0.15, -0.1) is 23.2 Å². The predicted octanol–water partition coefficient (Wildman–Crippen LogP) is 5.19. The Morgan fingerprint density at radius 2 is 1.51 bits per heavy atom. The molecule has 15 nitrogen and oxygen atoms in total. The number of phenols is 1. The second-order valence-corrected chi connectivity index (χ2v) is 14.7. The van der Waals surface area contributed by atoms with E-state index in [1.807, 2.05) is 0 Å². The topological polar surface area (TPSA) is 194 Å². The van der Waals surface area contributed by atoms with E-state index in [1.165, 1.54) is 56.4 Å². The van der Waals surface area contributed by atoms with E-state index in [9.17, 15) is 48.9 Å². The number of rotatable bonds is 7. The lowest BCUT2D eigenvalue weighted by Crippen LogP contribution is -2.60. The Morgan fingerprint density at radius 3 is 2.06 bits per heavy atom. The van der Waals surface area contributed by atoms with Crippen molar-refractivity contribution in [3.8, 4) is 11.5 Å². The van der Waals surface area contributed by atoms with Gasteiger partial charge < -0.3 is 14.7 Å². The predicted molar refractivity (Wildman–Crippen MR) is 188 cm³/mol. The van der Waals surface area contributed by atoms with Crippen molar-refractivity contribution in [2.24, 2.45) is 17.8 Å². The van der Waals surface area contributed by atoms with Crippen LogP contribution in [0.2, 0.25) is 0 Å². The molecule has 4 amide bonds. The molecule has 18 heteroatoms. The maximum atomic E-state index is 14.5. The summed E-state index contributed by atoms with van der Waals surface area (Å²) in [6.07, 6.45) is 1.12. The molecule has 0 unspecified atom stereocenters. The summed E-state index contributed by atoms with van der Waals surface area (Å²) in [5.41, 5.74) is -1.61. The number of anilines is 3. The van der Waals surface area contributed by atoms with Crippen molar-refractivity contribution in [3.05, 3.63) is 97.9 Å². The largest absolute Gasteiger partial charge is 0.504 e. The molecule has 4 aliphatic rings. The minimum atomic E-state index is -2.27. The van der Waals surface area contributed by atoms with Crippen LogP contribution in [0.25, 0.3) is 0 Å². The molecule has 6 atom stereocenters. The molecular formula is C35H28Cl2FN5O10. The van der Waals surface area contributed by atoms with Crippen molar-refractivity contribution in [1.82, 2.24) is 0 Å². The van der Waals surface area contributed by atoms with Crippen LogP contribution in [0, 0.1) is 43.8 Å². The molecule has 0 radical (unpaired) electrons. The Hall–Kier alpha value is -5.61. The first-order chi connectivity index (χ1) is 25.0. The van der Waals surface area contributed by atoms with Crippen molar-refractivity contribution in [2.45, 2.75) is 28.5 Å². The van der Waals surface area contributed by atoms with E-state index in [-0.39, 0.29) is 34.9 Å². The van der Waals surface area contributed by atoms with E-state index < -0.39 is 96.2 Å². The van der Waals surface area contributed by atoms with Gasteiger partial charge in [-0.2, -0.15) is 0 Å². The average molecular weight is 769 g/mol. The molecule has 3 aromatic rings. The molecule has 3 aromatic carbocycles. The summed E-state index contributed by atoms with van der Waals surface area (Å²) in [6.45, 7) is 0. The SMILES string of the molecule is COc1ccc([C@H]2C3=CC[C@@H]4C(=O)N(c5cc([N+](=O)[O-])c(N(C)C)c([N+](=O)[O-])c5)C(=O)[C@@H]4[C@@H]3C[C@@]3(Cl)C(=O)N(c4ccc(F)cc4)C(=O)[C@@]23Cl)cc1O. The van der Waals surface area contributed by atoms with Crippen molar-refractivity contribution < 1.29 is 43.3 Å². The van der Waals surface area contributed by atoms with Gasteiger partial charge in [0.2, 0.25) is 11.8 Å². The van der Waals surface area contributed by atoms with E-state index in [2.05, 4.69) is 0 Å². The summed E-state index contributed by atoms with van der Waals surface area (Å²) >= 11 is 14.7. The number of phenolic OH excluding ortho intramolecular Hbond substituents is 1. The van der Waals surface area contributed by atoms with Gasteiger partial charge in [0.1, 0.15) is 5.82 Å². The van der Waals surface area contributed by atoms with E-state index in [0.29, 0.717) is 10.5 Å². The van der Waals surface area contributed by atoms with E-state index in [1.54, 1.807) is 6.08 Å². The quantitative estimate of drug-likeness (QED) is 0.109. The van der Waals surface area contributed by atoms with E-state index in [0.717, 1.165) is 29.2 Å².